The normalized spacial score (nSPS) is 40.8. The third-order valence-corrected chi connectivity index (χ3v) is 6.06. The van der Waals surface area contributed by atoms with E-state index < -0.39 is 23.1 Å². The van der Waals surface area contributed by atoms with Crippen molar-refractivity contribution in [1.29, 1.82) is 0 Å². The fourth-order valence-electron chi connectivity index (χ4n) is 4.56. The van der Waals surface area contributed by atoms with Crippen LogP contribution in [-0.4, -0.2) is 29.4 Å². The van der Waals surface area contributed by atoms with Crippen LogP contribution in [0.15, 0.2) is 24.3 Å². The van der Waals surface area contributed by atoms with Gasteiger partial charge in [0.25, 0.3) is 0 Å². The molecule has 0 amide bonds. The highest BCUT2D eigenvalue weighted by atomic mass is 16.6. The lowest BCUT2D eigenvalue weighted by Crippen LogP contribution is -2.58. The first-order chi connectivity index (χ1) is 11.3. The highest BCUT2D eigenvalue weighted by molar-refractivity contribution is 6.01. The van der Waals surface area contributed by atoms with E-state index in [0.717, 1.165) is 6.42 Å². The fourth-order valence-corrected chi connectivity index (χ4v) is 4.56. The van der Waals surface area contributed by atoms with Crippen molar-refractivity contribution in [2.75, 3.05) is 0 Å². The van der Waals surface area contributed by atoms with Crippen LogP contribution in [0.25, 0.3) is 0 Å². The number of carbonyl (C=O) groups excluding carboxylic acids is 3. The van der Waals surface area contributed by atoms with E-state index in [9.17, 15) is 14.4 Å². The lowest BCUT2D eigenvalue weighted by Gasteiger charge is -2.46. The van der Waals surface area contributed by atoms with Crippen molar-refractivity contribution in [3.8, 4) is 0 Å². The third kappa shape index (κ3) is 2.03. The molecule has 1 aliphatic heterocycles. The molecule has 5 heteroatoms. The Kier molecular flexibility index (Phi) is 3.93. The Hall–Kier alpha value is -1.91. The van der Waals surface area contributed by atoms with Crippen molar-refractivity contribution in [2.24, 2.45) is 17.3 Å². The topological polar surface area (TPSA) is 69.7 Å². The molecule has 5 atom stereocenters. The van der Waals surface area contributed by atoms with Gasteiger partial charge in [-0.05, 0) is 38.3 Å². The molecule has 24 heavy (non-hydrogen) atoms. The molecule has 130 valence electrons. The summed E-state index contributed by atoms with van der Waals surface area (Å²) >= 11 is 0. The number of rotatable bonds is 3. The van der Waals surface area contributed by atoms with E-state index in [1.54, 1.807) is 13.0 Å². The van der Waals surface area contributed by atoms with Gasteiger partial charge in [-0.1, -0.05) is 20.4 Å². The van der Waals surface area contributed by atoms with Crippen LogP contribution in [0.5, 0.6) is 0 Å². The van der Waals surface area contributed by atoms with E-state index in [2.05, 4.69) is 6.58 Å². The van der Waals surface area contributed by atoms with Gasteiger partial charge in [0, 0.05) is 23.8 Å². The predicted octanol–water partition coefficient (Wildman–Crippen LogP) is 2.74. The summed E-state index contributed by atoms with van der Waals surface area (Å²) in [6.45, 7) is 9.52. The number of ether oxygens (including phenoxy) is 2. The maximum atomic E-state index is 12.8. The Bertz CT molecular complexity index is 648. The van der Waals surface area contributed by atoms with Gasteiger partial charge in [0.1, 0.15) is 17.1 Å². The molecule has 0 bridgehead atoms. The van der Waals surface area contributed by atoms with Gasteiger partial charge in [-0.3, -0.25) is 9.59 Å². The molecule has 0 N–H and O–H groups in total. The number of carbonyl (C=O) groups is 3. The standard InChI is InChI=1S/C19H24O5/c1-5-6-15(21)24-19-10-9-14(20)18(19,4)16-13(8-7-11(19)2)12(3)17(22)23-16/h9-11,13,16H,3,5-8H2,1-2,4H3/t11-,13-,16+,18-,19+/m0/s1. The van der Waals surface area contributed by atoms with Gasteiger partial charge < -0.3 is 9.47 Å². The summed E-state index contributed by atoms with van der Waals surface area (Å²) in [5, 5.41) is 0. The Morgan fingerprint density at radius 2 is 2.12 bits per heavy atom. The molecule has 0 aromatic carbocycles. The van der Waals surface area contributed by atoms with E-state index in [-0.39, 0.29) is 23.6 Å². The van der Waals surface area contributed by atoms with E-state index in [1.807, 2.05) is 13.8 Å². The molecule has 5 nitrogen and oxygen atoms in total. The van der Waals surface area contributed by atoms with Crippen LogP contribution < -0.4 is 0 Å². The Balaban J connectivity index is 2.09. The Labute approximate surface area is 142 Å². The lowest BCUT2D eigenvalue weighted by molar-refractivity contribution is -0.188. The highest BCUT2D eigenvalue weighted by Crippen LogP contribution is 2.58. The van der Waals surface area contributed by atoms with Crippen LogP contribution in [0.1, 0.15) is 46.5 Å². The van der Waals surface area contributed by atoms with Crippen LogP contribution in [0.3, 0.4) is 0 Å². The summed E-state index contributed by atoms with van der Waals surface area (Å²) in [6, 6.07) is 0. The monoisotopic (exact) mass is 332 g/mol. The zero-order valence-corrected chi connectivity index (χ0v) is 14.5. The van der Waals surface area contributed by atoms with E-state index in [0.29, 0.717) is 24.8 Å². The van der Waals surface area contributed by atoms with Crippen LogP contribution in [0.4, 0.5) is 0 Å². The van der Waals surface area contributed by atoms with Crippen LogP contribution >= 0.6 is 0 Å². The van der Waals surface area contributed by atoms with Crippen LogP contribution in [0, 0.1) is 17.3 Å². The van der Waals surface area contributed by atoms with Gasteiger partial charge in [0.05, 0.1) is 0 Å². The number of allylic oxidation sites excluding steroid dienone is 1. The average Bonchev–Trinajstić information content (AvgIpc) is 2.93. The average molecular weight is 332 g/mol. The minimum atomic E-state index is -1.11. The Morgan fingerprint density at radius 1 is 1.42 bits per heavy atom. The zero-order valence-electron chi connectivity index (χ0n) is 14.5. The summed E-state index contributed by atoms with van der Waals surface area (Å²) in [5.41, 5.74) is -1.75. The van der Waals surface area contributed by atoms with Crippen molar-refractivity contribution in [3.63, 3.8) is 0 Å². The molecule has 3 rings (SSSR count). The second-order valence-electron chi connectivity index (χ2n) is 7.35. The number of esters is 2. The highest BCUT2D eigenvalue weighted by Gasteiger charge is 2.69. The maximum absolute atomic E-state index is 12.8. The largest absolute Gasteiger partial charge is 0.457 e. The molecular formula is C19H24O5. The number of fused-ring (bicyclic) bond motifs is 3. The minimum Gasteiger partial charge on any atom is -0.457 e. The van der Waals surface area contributed by atoms with E-state index in [1.165, 1.54) is 6.08 Å². The molecule has 1 heterocycles. The molecule has 3 aliphatic rings. The molecule has 0 unspecified atom stereocenters. The number of hydrogen-bond acceptors (Lipinski definition) is 5. The second kappa shape index (κ2) is 5.57. The first-order valence-electron chi connectivity index (χ1n) is 8.63. The molecular weight excluding hydrogens is 308 g/mol. The summed E-state index contributed by atoms with van der Waals surface area (Å²) in [5.74, 6) is -1.19. The molecule has 1 saturated heterocycles. The predicted molar refractivity (Wildman–Crippen MR) is 86.9 cm³/mol. The smallest absolute Gasteiger partial charge is 0.334 e. The third-order valence-electron chi connectivity index (χ3n) is 6.06. The van der Waals surface area contributed by atoms with Crippen molar-refractivity contribution < 1.29 is 23.9 Å². The molecule has 0 radical (unpaired) electrons. The first-order valence-corrected chi connectivity index (χ1v) is 8.63. The summed E-state index contributed by atoms with van der Waals surface area (Å²) in [6.07, 6.45) is 4.95. The molecule has 0 spiro atoms. The van der Waals surface area contributed by atoms with Gasteiger partial charge in [-0.15, -0.1) is 0 Å². The SMILES string of the molecule is C=C1C(=O)O[C@@H]2[C@H]1CC[C@H](C)[C@]1(OC(=O)CCC)C=CC(=O)[C@@]21C. The molecule has 2 aliphatic carbocycles. The van der Waals surface area contributed by atoms with Gasteiger partial charge in [-0.25, -0.2) is 4.79 Å². The maximum Gasteiger partial charge on any atom is 0.334 e. The van der Waals surface area contributed by atoms with Gasteiger partial charge in [0.15, 0.2) is 5.78 Å². The van der Waals surface area contributed by atoms with Crippen molar-refractivity contribution in [3.05, 3.63) is 24.3 Å². The Morgan fingerprint density at radius 3 is 2.79 bits per heavy atom. The fraction of sp³-hybridized carbons (Fsp3) is 0.632. The van der Waals surface area contributed by atoms with Crippen molar-refractivity contribution in [1.82, 2.24) is 0 Å². The summed E-state index contributed by atoms with van der Waals surface area (Å²) in [7, 11) is 0. The molecule has 0 aromatic heterocycles. The molecule has 2 fully saturated rings. The molecule has 0 aromatic rings. The minimum absolute atomic E-state index is 0.0527. The number of ketones is 1. The van der Waals surface area contributed by atoms with Gasteiger partial charge in [0.2, 0.25) is 0 Å². The van der Waals surface area contributed by atoms with Gasteiger partial charge in [-0.2, -0.15) is 0 Å². The first kappa shape index (κ1) is 16.9. The number of hydrogen-bond donors (Lipinski definition) is 0. The van der Waals surface area contributed by atoms with Gasteiger partial charge >= 0.3 is 11.9 Å². The van der Waals surface area contributed by atoms with Crippen molar-refractivity contribution >= 4 is 17.7 Å². The second-order valence-corrected chi connectivity index (χ2v) is 7.35. The molecule has 1 saturated carbocycles. The lowest BCUT2D eigenvalue weighted by atomic mass is 9.64. The summed E-state index contributed by atoms with van der Waals surface area (Å²) in [4.78, 5) is 37.2. The zero-order chi connectivity index (χ0) is 17.7. The quantitative estimate of drug-likeness (QED) is 0.587. The van der Waals surface area contributed by atoms with E-state index in [4.69, 9.17) is 9.47 Å². The van der Waals surface area contributed by atoms with Crippen LogP contribution in [-0.2, 0) is 23.9 Å². The van der Waals surface area contributed by atoms with Crippen LogP contribution in [0.2, 0.25) is 0 Å². The van der Waals surface area contributed by atoms with Crippen molar-refractivity contribution in [2.45, 2.75) is 58.2 Å². The van der Waals surface area contributed by atoms with E-state index >= 15 is 0 Å². The summed E-state index contributed by atoms with van der Waals surface area (Å²) < 4.78 is 11.5.